The van der Waals surface area contributed by atoms with E-state index in [0.717, 1.165) is 12.5 Å². The number of hydrogen-bond donors (Lipinski definition) is 4. The maximum atomic E-state index is 14.6. The van der Waals surface area contributed by atoms with Crippen molar-refractivity contribution in [2.45, 2.75) is 86.7 Å². The van der Waals surface area contributed by atoms with Crippen molar-refractivity contribution < 1.29 is 43.8 Å². The van der Waals surface area contributed by atoms with Gasteiger partial charge in [-0.3, -0.25) is 28.8 Å². The van der Waals surface area contributed by atoms with Crippen molar-refractivity contribution in [3.05, 3.63) is 52.1 Å². The van der Waals surface area contributed by atoms with Crippen LogP contribution in [0.5, 0.6) is 5.75 Å². The number of carbonyl (C=O) groups is 7. The number of benzene rings is 2. The lowest BCUT2D eigenvalue weighted by molar-refractivity contribution is -0.205. The van der Waals surface area contributed by atoms with Crippen molar-refractivity contribution in [3.63, 3.8) is 0 Å². The number of carbonyl (C=O) groups excluding carboxylic acids is 7. The van der Waals surface area contributed by atoms with Gasteiger partial charge in [0.2, 0.25) is 0 Å². The largest absolute Gasteiger partial charge is 0.505 e. The van der Waals surface area contributed by atoms with Crippen molar-refractivity contribution in [3.8, 4) is 5.75 Å². The molecule has 0 spiro atoms. The molecular formula is C38H44N2O9. The number of anilines is 2. The van der Waals surface area contributed by atoms with E-state index in [4.69, 9.17) is 0 Å². The summed E-state index contributed by atoms with van der Waals surface area (Å²) in [4.78, 5) is 94.9. The highest BCUT2D eigenvalue weighted by Gasteiger charge is 2.76. The summed E-state index contributed by atoms with van der Waals surface area (Å²) in [5, 5.41) is 29.0. The van der Waals surface area contributed by atoms with Gasteiger partial charge in [-0.1, -0.05) is 53.2 Å². The monoisotopic (exact) mass is 672 g/mol. The average Bonchev–Trinajstić information content (AvgIpc) is 2.96. The standard InChI is InChI=1S/C38H44N2O9/c1-16(2)21-13-25(40-35(48)39-24-11-10-18(5)12-22(24)19(6)41)30(43)27-23(21)14-36(8)15-37(9)28(17(3)4)31(44)26(20(7)42)33(46)38(37,49)34(47)29(36)32(27)45/h10-13,16-17,26,28-29,43,49H,14-15H2,1-9H3,(H2,39,40,48)/t26?,28?,29?,36-,37-,38+/m1/s1. The van der Waals surface area contributed by atoms with Gasteiger partial charge in [0, 0.05) is 16.9 Å². The number of amides is 2. The van der Waals surface area contributed by atoms with Crippen LogP contribution in [0.15, 0.2) is 24.3 Å². The van der Waals surface area contributed by atoms with E-state index in [-0.39, 0.29) is 47.0 Å². The molecule has 2 aromatic carbocycles. The Bertz CT molecular complexity index is 1880. The van der Waals surface area contributed by atoms with E-state index in [9.17, 15) is 43.8 Å². The molecule has 0 bridgehead atoms. The Morgan fingerprint density at radius 1 is 0.918 bits per heavy atom. The molecule has 3 unspecified atom stereocenters. The smallest absolute Gasteiger partial charge is 0.323 e. The molecule has 0 radical (unpaired) electrons. The first kappa shape index (κ1) is 35.8. The number of ketones is 6. The number of phenolic OH excluding ortho intramolecular Hbond substituents is 1. The third-order valence-electron chi connectivity index (χ3n) is 11.1. The third-order valence-corrected chi connectivity index (χ3v) is 11.1. The van der Waals surface area contributed by atoms with Crippen LogP contribution in [-0.4, -0.2) is 56.5 Å². The molecule has 0 saturated heterocycles. The van der Waals surface area contributed by atoms with E-state index in [1.165, 1.54) is 13.8 Å². The number of urea groups is 1. The highest BCUT2D eigenvalue weighted by molar-refractivity contribution is 6.32. The number of aromatic hydroxyl groups is 1. The molecule has 11 heteroatoms. The second-order valence-electron chi connectivity index (χ2n) is 15.4. The van der Waals surface area contributed by atoms with Crippen LogP contribution in [0.25, 0.3) is 0 Å². The lowest BCUT2D eigenvalue weighted by Crippen LogP contribution is -2.76. The number of rotatable bonds is 6. The van der Waals surface area contributed by atoms with Crippen LogP contribution in [0.2, 0.25) is 0 Å². The van der Waals surface area contributed by atoms with Crippen LogP contribution >= 0.6 is 0 Å². The molecule has 2 aromatic rings. The van der Waals surface area contributed by atoms with Crippen molar-refractivity contribution in [2.24, 2.45) is 34.5 Å². The molecule has 260 valence electrons. The fourth-order valence-corrected chi connectivity index (χ4v) is 9.18. The van der Waals surface area contributed by atoms with Gasteiger partial charge in [0.25, 0.3) is 0 Å². The van der Waals surface area contributed by atoms with E-state index < -0.39 is 80.8 Å². The normalized spacial score (nSPS) is 29.3. The van der Waals surface area contributed by atoms with Gasteiger partial charge in [-0.25, -0.2) is 4.79 Å². The molecule has 3 aliphatic carbocycles. The van der Waals surface area contributed by atoms with Gasteiger partial charge < -0.3 is 20.8 Å². The molecule has 11 nitrogen and oxygen atoms in total. The van der Waals surface area contributed by atoms with Crippen LogP contribution in [0.1, 0.15) is 105 Å². The highest BCUT2D eigenvalue weighted by Crippen LogP contribution is 2.64. The van der Waals surface area contributed by atoms with E-state index in [2.05, 4.69) is 10.6 Å². The third kappa shape index (κ3) is 5.16. The minimum absolute atomic E-state index is 0.0568. The SMILES string of the molecule is CC(=O)c1cc(C)ccc1NC(=O)Nc1cc(C(C)C)c2c(c1O)C(=O)C1C(=O)[C@@]3(O)C(=O)C(C(C)=O)C(=O)C(C(C)C)[C@@]3(C)C[C@@]1(C)C2. The average molecular weight is 673 g/mol. The first-order chi connectivity index (χ1) is 22.6. The highest BCUT2D eigenvalue weighted by atomic mass is 16.3. The summed E-state index contributed by atoms with van der Waals surface area (Å²) < 4.78 is 0. The number of nitrogens with one attached hydrogen (secondary N) is 2. The Balaban J connectivity index is 1.63. The molecule has 3 aliphatic rings. The van der Waals surface area contributed by atoms with Gasteiger partial charge in [-0.2, -0.15) is 0 Å². The number of phenols is 1. The van der Waals surface area contributed by atoms with E-state index in [1.807, 2.05) is 13.8 Å². The molecule has 0 aromatic heterocycles. The summed E-state index contributed by atoms with van der Waals surface area (Å²) in [6, 6.07) is 5.71. The van der Waals surface area contributed by atoms with Gasteiger partial charge in [0.15, 0.2) is 34.5 Å². The van der Waals surface area contributed by atoms with Gasteiger partial charge in [-0.15, -0.1) is 0 Å². The van der Waals surface area contributed by atoms with Crippen molar-refractivity contribution in [1.82, 2.24) is 0 Å². The summed E-state index contributed by atoms with van der Waals surface area (Å²) in [7, 11) is 0. The fourth-order valence-electron chi connectivity index (χ4n) is 9.18. The van der Waals surface area contributed by atoms with E-state index in [1.54, 1.807) is 52.0 Å². The van der Waals surface area contributed by atoms with Gasteiger partial charge in [0.05, 0.1) is 22.9 Å². The lowest BCUT2D eigenvalue weighted by atomic mass is 9.39. The maximum Gasteiger partial charge on any atom is 0.323 e. The first-order valence-corrected chi connectivity index (χ1v) is 16.6. The first-order valence-electron chi connectivity index (χ1n) is 16.6. The molecule has 2 amide bonds. The number of hydrogen-bond acceptors (Lipinski definition) is 9. The molecule has 5 rings (SSSR count). The number of fused-ring (bicyclic) bond motifs is 3. The number of aryl methyl sites for hydroxylation is 1. The Labute approximate surface area is 285 Å². The van der Waals surface area contributed by atoms with Crippen LogP contribution < -0.4 is 10.6 Å². The maximum absolute atomic E-state index is 14.6. The quantitative estimate of drug-likeness (QED) is 0.178. The summed E-state index contributed by atoms with van der Waals surface area (Å²) in [6.45, 7) is 14.7. The number of aliphatic hydroxyl groups is 1. The Hall–Kier alpha value is -4.51. The molecule has 4 N–H and O–H groups in total. The molecular weight excluding hydrogens is 628 g/mol. The molecule has 0 aliphatic heterocycles. The van der Waals surface area contributed by atoms with E-state index >= 15 is 0 Å². The molecule has 6 atom stereocenters. The van der Waals surface area contributed by atoms with Gasteiger partial charge in [-0.05, 0) is 80.2 Å². The van der Waals surface area contributed by atoms with Gasteiger partial charge in [0.1, 0.15) is 17.5 Å². The van der Waals surface area contributed by atoms with Gasteiger partial charge >= 0.3 is 6.03 Å². The molecule has 0 heterocycles. The zero-order valence-electron chi connectivity index (χ0n) is 29.4. The molecule has 2 fully saturated rings. The summed E-state index contributed by atoms with van der Waals surface area (Å²) in [5.41, 5.74) is -3.47. The topological polar surface area (TPSA) is 184 Å². The minimum atomic E-state index is -2.81. The van der Waals surface area contributed by atoms with Crippen LogP contribution in [-0.2, 0) is 25.6 Å². The molecule has 49 heavy (non-hydrogen) atoms. The van der Waals surface area contributed by atoms with Crippen LogP contribution in [0.4, 0.5) is 16.2 Å². The summed E-state index contributed by atoms with van der Waals surface area (Å²) >= 11 is 0. The second kappa shape index (κ2) is 11.8. The Kier molecular flexibility index (Phi) is 8.64. The summed E-state index contributed by atoms with van der Waals surface area (Å²) in [6.07, 6.45) is 0.0388. The predicted octanol–water partition coefficient (Wildman–Crippen LogP) is 5.37. The molecule has 2 saturated carbocycles. The van der Waals surface area contributed by atoms with E-state index in [0.29, 0.717) is 11.1 Å². The summed E-state index contributed by atoms with van der Waals surface area (Å²) in [5.74, 6) is -10.5. The fraction of sp³-hybridized carbons (Fsp3) is 0.500. The lowest BCUT2D eigenvalue weighted by Gasteiger charge is -2.62. The van der Waals surface area contributed by atoms with Crippen LogP contribution in [0.3, 0.4) is 0 Å². The zero-order chi connectivity index (χ0) is 36.7. The second-order valence-corrected chi connectivity index (χ2v) is 15.4. The van der Waals surface area contributed by atoms with Crippen molar-refractivity contribution >= 4 is 52.1 Å². The van der Waals surface area contributed by atoms with Crippen LogP contribution in [0, 0.1) is 41.4 Å². The number of Topliss-reactive ketones (excluding diaryl/α,β-unsaturated/α-hetero) is 6. The Morgan fingerprint density at radius 3 is 2.08 bits per heavy atom. The Morgan fingerprint density at radius 2 is 1.53 bits per heavy atom. The predicted molar refractivity (Wildman–Crippen MR) is 181 cm³/mol. The van der Waals surface area contributed by atoms with Crippen molar-refractivity contribution in [2.75, 3.05) is 10.6 Å². The minimum Gasteiger partial charge on any atom is -0.505 e. The zero-order valence-corrected chi connectivity index (χ0v) is 29.4. The van der Waals surface area contributed by atoms with Crippen molar-refractivity contribution in [1.29, 1.82) is 0 Å².